The number of aryl methyl sites for hydroxylation is 1. The predicted molar refractivity (Wildman–Crippen MR) is 141 cm³/mol. The Bertz CT molecular complexity index is 1510. The molecule has 1 fully saturated rings. The fraction of sp³-hybridized carbons (Fsp3) is 0.259. The molecule has 37 heavy (non-hydrogen) atoms. The van der Waals surface area contributed by atoms with Gasteiger partial charge in [0.25, 0.3) is 15.9 Å². The summed E-state index contributed by atoms with van der Waals surface area (Å²) in [6, 6.07) is 13.6. The summed E-state index contributed by atoms with van der Waals surface area (Å²) >= 11 is 0. The van der Waals surface area contributed by atoms with Crippen LogP contribution in [-0.2, 0) is 10.0 Å². The number of para-hydroxylation sites is 1. The molecule has 0 saturated carbocycles. The SMILES string of the molecule is Cc1cc(C(=O)N2CCN(CC3=CCNC=C3F)CC2)ccc1NS(=O)(=O)c1cccc2cccnc12. The number of hydrogen-bond donors (Lipinski definition) is 2. The maximum absolute atomic E-state index is 14.0. The number of fused-ring (bicyclic) bond motifs is 1. The van der Waals surface area contributed by atoms with E-state index in [-0.39, 0.29) is 16.6 Å². The molecule has 2 N–H and O–H groups in total. The van der Waals surface area contributed by atoms with Gasteiger partial charge in [-0.25, -0.2) is 12.8 Å². The maximum atomic E-state index is 14.0. The van der Waals surface area contributed by atoms with Crippen LogP contribution < -0.4 is 10.0 Å². The van der Waals surface area contributed by atoms with Crippen LogP contribution in [0.4, 0.5) is 10.1 Å². The standard InChI is InChI=1S/C27H28FN5O3S/c1-19-16-21(27(34)33-14-12-32(13-15-33)18-22-9-11-29-17-23(22)28)7-8-24(19)31-37(35,36)25-6-2-4-20-5-3-10-30-26(20)25/h2-10,16-17,29,31H,11-15,18H2,1H3. The Morgan fingerprint density at radius 3 is 2.65 bits per heavy atom. The van der Waals surface area contributed by atoms with Crippen molar-refractivity contribution in [3.05, 3.63) is 89.5 Å². The summed E-state index contributed by atoms with van der Waals surface area (Å²) in [6.45, 7) is 5.29. The molecular weight excluding hydrogens is 493 g/mol. The number of piperazine rings is 1. The minimum atomic E-state index is -3.89. The summed E-state index contributed by atoms with van der Waals surface area (Å²) in [6.07, 6.45) is 4.80. The Labute approximate surface area is 215 Å². The van der Waals surface area contributed by atoms with Crippen molar-refractivity contribution in [2.75, 3.05) is 44.0 Å². The second kappa shape index (κ2) is 10.3. The number of pyridine rings is 1. The number of carbonyl (C=O) groups is 1. The molecule has 10 heteroatoms. The third-order valence-corrected chi connectivity index (χ3v) is 8.06. The average molecular weight is 522 g/mol. The van der Waals surface area contributed by atoms with Crippen LogP contribution in [0, 0.1) is 6.92 Å². The van der Waals surface area contributed by atoms with E-state index in [1.807, 2.05) is 18.2 Å². The van der Waals surface area contributed by atoms with E-state index in [2.05, 4.69) is 19.9 Å². The number of hydrogen-bond acceptors (Lipinski definition) is 6. The number of nitrogens with one attached hydrogen (secondary N) is 2. The summed E-state index contributed by atoms with van der Waals surface area (Å²) in [5.74, 6) is -0.352. The second-order valence-corrected chi connectivity index (χ2v) is 10.8. The summed E-state index contributed by atoms with van der Waals surface area (Å²) in [7, 11) is -3.89. The number of dihydropyridines is 1. The normalized spacial score (nSPS) is 16.6. The fourth-order valence-corrected chi connectivity index (χ4v) is 5.91. The molecule has 2 aliphatic heterocycles. The lowest BCUT2D eigenvalue weighted by atomic mass is 10.1. The lowest BCUT2D eigenvalue weighted by molar-refractivity contribution is 0.0647. The lowest BCUT2D eigenvalue weighted by Crippen LogP contribution is -2.49. The molecule has 1 aromatic heterocycles. The van der Waals surface area contributed by atoms with Gasteiger partial charge >= 0.3 is 0 Å². The van der Waals surface area contributed by atoms with Crippen LogP contribution in [0.3, 0.4) is 0 Å². The van der Waals surface area contributed by atoms with Crippen LogP contribution in [0.15, 0.2) is 83.3 Å². The molecule has 0 aliphatic carbocycles. The number of rotatable bonds is 6. The summed E-state index contributed by atoms with van der Waals surface area (Å²) in [4.78, 5) is 21.4. The monoisotopic (exact) mass is 521 g/mol. The van der Waals surface area contributed by atoms with Gasteiger partial charge in [-0.15, -0.1) is 0 Å². The Morgan fingerprint density at radius 2 is 1.89 bits per heavy atom. The zero-order valence-electron chi connectivity index (χ0n) is 20.4. The van der Waals surface area contributed by atoms with E-state index in [4.69, 9.17) is 0 Å². The number of nitrogens with zero attached hydrogens (tertiary/aromatic N) is 3. The summed E-state index contributed by atoms with van der Waals surface area (Å²) < 4.78 is 42.9. The smallest absolute Gasteiger partial charge is 0.264 e. The average Bonchev–Trinajstić information content (AvgIpc) is 2.91. The first-order chi connectivity index (χ1) is 17.8. The van der Waals surface area contributed by atoms with Crippen molar-refractivity contribution in [3.8, 4) is 0 Å². The van der Waals surface area contributed by atoms with Crippen molar-refractivity contribution < 1.29 is 17.6 Å². The molecule has 0 radical (unpaired) electrons. The van der Waals surface area contributed by atoms with Crippen molar-refractivity contribution in [1.82, 2.24) is 20.1 Å². The van der Waals surface area contributed by atoms with Crippen LogP contribution in [0.5, 0.6) is 0 Å². The number of halogens is 1. The minimum absolute atomic E-state index is 0.0960. The first-order valence-corrected chi connectivity index (χ1v) is 13.6. The van der Waals surface area contributed by atoms with E-state index in [1.54, 1.807) is 48.4 Å². The van der Waals surface area contributed by atoms with Crippen molar-refractivity contribution in [2.24, 2.45) is 0 Å². The van der Waals surface area contributed by atoms with Gasteiger partial charge in [0.1, 0.15) is 10.7 Å². The van der Waals surface area contributed by atoms with Gasteiger partial charge in [0.15, 0.2) is 0 Å². The van der Waals surface area contributed by atoms with Gasteiger partial charge in [-0.2, -0.15) is 0 Å². The summed E-state index contributed by atoms with van der Waals surface area (Å²) in [5.41, 5.74) is 2.61. The molecule has 5 rings (SSSR count). The maximum Gasteiger partial charge on any atom is 0.264 e. The van der Waals surface area contributed by atoms with Crippen molar-refractivity contribution in [2.45, 2.75) is 11.8 Å². The quantitative estimate of drug-likeness (QED) is 0.516. The van der Waals surface area contributed by atoms with Crippen LogP contribution in [0.1, 0.15) is 15.9 Å². The molecular formula is C27H28FN5O3S. The van der Waals surface area contributed by atoms with Crippen LogP contribution >= 0.6 is 0 Å². The molecule has 0 atom stereocenters. The second-order valence-electron chi connectivity index (χ2n) is 9.16. The van der Waals surface area contributed by atoms with Gasteiger partial charge in [-0.05, 0) is 42.8 Å². The molecule has 2 aliphatic rings. The molecule has 8 nitrogen and oxygen atoms in total. The predicted octanol–water partition coefficient (Wildman–Crippen LogP) is 3.44. The highest BCUT2D eigenvalue weighted by molar-refractivity contribution is 7.93. The molecule has 1 amide bonds. The van der Waals surface area contributed by atoms with Crippen LogP contribution in [-0.4, -0.2) is 68.4 Å². The molecule has 3 heterocycles. The van der Waals surface area contributed by atoms with E-state index < -0.39 is 10.0 Å². The highest BCUT2D eigenvalue weighted by atomic mass is 32.2. The van der Waals surface area contributed by atoms with E-state index in [1.165, 1.54) is 12.3 Å². The van der Waals surface area contributed by atoms with Gasteiger partial charge in [0.05, 0.1) is 11.2 Å². The third-order valence-electron chi connectivity index (χ3n) is 6.66. The number of anilines is 1. The van der Waals surface area contributed by atoms with Crippen LogP contribution in [0.25, 0.3) is 10.9 Å². The van der Waals surface area contributed by atoms with E-state index in [9.17, 15) is 17.6 Å². The van der Waals surface area contributed by atoms with E-state index in [0.717, 1.165) is 5.39 Å². The Kier molecular flexibility index (Phi) is 6.94. The zero-order chi connectivity index (χ0) is 26.0. The highest BCUT2D eigenvalue weighted by Crippen LogP contribution is 2.26. The molecule has 0 spiro atoms. The minimum Gasteiger partial charge on any atom is -0.385 e. The first kappa shape index (κ1) is 24.9. The van der Waals surface area contributed by atoms with Crippen molar-refractivity contribution in [3.63, 3.8) is 0 Å². The molecule has 0 unspecified atom stereocenters. The molecule has 3 aromatic rings. The van der Waals surface area contributed by atoms with Crippen molar-refractivity contribution in [1.29, 1.82) is 0 Å². The Balaban J connectivity index is 1.25. The molecule has 0 bridgehead atoms. The van der Waals surface area contributed by atoms with Crippen molar-refractivity contribution >= 4 is 32.5 Å². The number of carbonyl (C=O) groups excluding carboxylic acids is 1. The Morgan fingerprint density at radius 1 is 1.11 bits per heavy atom. The first-order valence-electron chi connectivity index (χ1n) is 12.1. The number of benzene rings is 2. The lowest BCUT2D eigenvalue weighted by Gasteiger charge is -2.35. The molecule has 192 valence electrons. The van der Waals surface area contributed by atoms with Gasteiger partial charge in [-0.3, -0.25) is 19.4 Å². The largest absolute Gasteiger partial charge is 0.385 e. The van der Waals surface area contributed by atoms with E-state index >= 15 is 0 Å². The van der Waals surface area contributed by atoms with Crippen LogP contribution in [0.2, 0.25) is 0 Å². The number of sulfonamides is 1. The van der Waals surface area contributed by atoms with E-state index in [0.29, 0.717) is 67.2 Å². The van der Waals surface area contributed by atoms with Gasteiger partial charge < -0.3 is 10.2 Å². The van der Waals surface area contributed by atoms with Gasteiger partial charge in [0, 0.05) is 68.2 Å². The zero-order valence-corrected chi connectivity index (χ0v) is 21.3. The molecule has 1 saturated heterocycles. The summed E-state index contributed by atoms with van der Waals surface area (Å²) in [5, 5.41) is 3.59. The topological polar surface area (TPSA) is 94.6 Å². The fourth-order valence-electron chi connectivity index (χ4n) is 4.60. The third kappa shape index (κ3) is 5.35. The number of amides is 1. The molecule has 2 aromatic carbocycles. The highest BCUT2D eigenvalue weighted by Gasteiger charge is 2.25. The van der Waals surface area contributed by atoms with Gasteiger partial charge in [0.2, 0.25) is 0 Å². The van der Waals surface area contributed by atoms with Gasteiger partial charge in [-0.1, -0.05) is 24.3 Å². The number of aromatic nitrogens is 1. The Hall–Kier alpha value is -3.76.